The van der Waals surface area contributed by atoms with Gasteiger partial charge in [0.25, 0.3) is 0 Å². The first kappa shape index (κ1) is 13.2. The monoisotopic (exact) mass is 286 g/mol. The van der Waals surface area contributed by atoms with Crippen molar-refractivity contribution in [1.82, 2.24) is 4.98 Å². The summed E-state index contributed by atoms with van der Waals surface area (Å²) in [5.41, 5.74) is 1.54. The molecule has 0 aliphatic carbocycles. The Balaban J connectivity index is 1.78. The first-order valence-electron chi connectivity index (χ1n) is 6.58. The van der Waals surface area contributed by atoms with Crippen LogP contribution in [-0.4, -0.2) is 29.3 Å². The normalized spacial score (nSPS) is 13.3. The molecule has 0 unspecified atom stereocenters. The van der Waals surface area contributed by atoms with E-state index in [1.165, 1.54) is 12.3 Å². The van der Waals surface area contributed by atoms with E-state index in [4.69, 9.17) is 14.6 Å². The lowest BCUT2D eigenvalue weighted by molar-refractivity contribution is 0.0690. The molecule has 2 aromatic rings. The minimum absolute atomic E-state index is 0.0132. The largest absolute Gasteiger partial charge is 0.490 e. The van der Waals surface area contributed by atoms with Crippen LogP contribution in [0.2, 0.25) is 0 Å². The quantitative estimate of drug-likeness (QED) is 0.903. The van der Waals surface area contributed by atoms with Gasteiger partial charge in [-0.25, -0.2) is 9.78 Å². The van der Waals surface area contributed by atoms with Gasteiger partial charge >= 0.3 is 5.97 Å². The molecule has 1 aliphatic rings. The molecule has 0 bridgehead atoms. The molecule has 0 amide bonds. The second-order valence-electron chi connectivity index (χ2n) is 4.57. The van der Waals surface area contributed by atoms with Gasteiger partial charge in [-0.05, 0) is 24.3 Å². The Kier molecular flexibility index (Phi) is 3.59. The van der Waals surface area contributed by atoms with Crippen LogP contribution in [0.5, 0.6) is 11.5 Å². The second-order valence-corrected chi connectivity index (χ2v) is 4.57. The Labute approximate surface area is 121 Å². The van der Waals surface area contributed by atoms with Crippen LogP contribution in [-0.2, 0) is 0 Å². The molecule has 2 N–H and O–H groups in total. The summed E-state index contributed by atoms with van der Waals surface area (Å²) in [6.07, 6.45) is 2.34. The molecule has 21 heavy (non-hydrogen) atoms. The molecule has 6 heteroatoms. The van der Waals surface area contributed by atoms with Crippen LogP contribution in [0, 0.1) is 0 Å². The van der Waals surface area contributed by atoms with Crippen molar-refractivity contribution in [3.8, 4) is 11.5 Å². The first-order valence-corrected chi connectivity index (χ1v) is 6.58. The first-order chi connectivity index (χ1) is 10.2. The van der Waals surface area contributed by atoms with Crippen molar-refractivity contribution in [2.75, 3.05) is 18.5 Å². The Morgan fingerprint density at radius 3 is 2.57 bits per heavy atom. The molecular formula is C15H14N2O4. The van der Waals surface area contributed by atoms with E-state index in [1.807, 2.05) is 18.2 Å². The topological polar surface area (TPSA) is 80.7 Å². The lowest BCUT2D eigenvalue weighted by Crippen LogP contribution is -2.00. The van der Waals surface area contributed by atoms with Crippen molar-refractivity contribution >= 4 is 17.3 Å². The third kappa shape index (κ3) is 3.05. The molecule has 0 saturated heterocycles. The number of carbonyl (C=O) groups is 1. The van der Waals surface area contributed by atoms with E-state index >= 15 is 0 Å². The third-order valence-electron chi connectivity index (χ3n) is 3.02. The van der Waals surface area contributed by atoms with Crippen molar-refractivity contribution in [2.24, 2.45) is 0 Å². The van der Waals surface area contributed by atoms with E-state index in [1.54, 1.807) is 6.07 Å². The third-order valence-corrected chi connectivity index (χ3v) is 3.02. The van der Waals surface area contributed by atoms with Gasteiger partial charge in [0.1, 0.15) is 5.69 Å². The maximum absolute atomic E-state index is 10.8. The zero-order chi connectivity index (χ0) is 14.7. The summed E-state index contributed by atoms with van der Waals surface area (Å²) in [4.78, 5) is 14.6. The molecule has 0 atom stereocenters. The number of aromatic carboxylic acids is 1. The van der Waals surface area contributed by atoms with Gasteiger partial charge in [-0.2, -0.15) is 0 Å². The molecule has 0 fully saturated rings. The Morgan fingerprint density at radius 2 is 1.86 bits per heavy atom. The lowest BCUT2D eigenvalue weighted by atomic mass is 10.2. The Bertz CT molecular complexity index is 655. The number of hydrogen-bond donors (Lipinski definition) is 2. The Morgan fingerprint density at radius 1 is 1.10 bits per heavy atom. The number of anilines is 2. The zero-order valence-corrected chi connectivity index (χ0v) is 11.2. The van der Waals surface area contributed by atoms with Gasteiger partial charge in [-0.1, -0.05) is 0 Å². The molecular weight excluding hydrogens is 272 g/mol. The van der Waals surface area contributed by atoms with Gasteiger partial charge in [0, 0.05) is 18.2 Å². The number of fused-ring (bicyclic) bond motifs is 1. The molecule has 1 aromatic carbocycles. The predicted molar refractivity (Wildman–Crippen MR) is 76.5 cm³/mol. The minimum atomic E-state index is -1.04. The number of nitrogens with zero attached hydrogens (tertiary/aromatic N) is 1. The fraction of sp³-hybridized carbons (Fsp3) is 0.200. The number of nitrogens with one attached hydrogen (secondary N) is 1. The van der Waals surface area contributed by atoms with Crippen molar-refractivity contribution in [2.45, 2.75) is 6.42 Å². The van der Waals surface area contributed by atoms with Gasteiger partial charge in [0.2, 0.25) is 0 Å². The minimum Gasteiger partial charge on any atom is -0.490 e. The molecule has 1 aliphatic heterocycles. The number of aromatic nitrogens is 1. The van der Waals surface area contributed by atoms with Crippen LogP contribution in [0.1, 0.15) is 16.9 Å². The van der Waals surface area contributed by atoms with Gasteiger partial charge in [0.15, 0.2) is 11.5 Å². The van der Waals surface area contributed by atoms with Crippen LogP contribution in [0.15, 0.2) is 36.5 Å². The van der Waals surface area contributed by atoms with Crippen LogP contribution >= 0.6 is 0 Å². The van der Waals surface area contributed by atoms with Gasteiger partial charge in [-0.3, -0.25) is 0 Å². The van der Waals surface area contributed by atoms with E-state index in [2.05, 4.69) is 10.3 Å². The van der Waals surface area contributed by atoms with Gasteiger partial charge in [-0.15, -0.1) is 0 Å². The molecule has 3 rings (SSSR count). The maximum atomic E-state index is 10.8. The standard InChI is InChI=1S/C15H14N2O4/c18-15(19)12-4-2-11(9-16-12)17-10-3-5-13-14(8-10)21-7-1-6-20-13/h2-5,8-9,17H,1,6-7H2,(H,18,19). The average molecular weight is 286 g/mol. The van der Waals surface area contributed by atoms with Crippen molar-refractivity contribution in [1.29, 1.82) is 0 Å². The smallest absolute Gasteiger partial charge is 0.354 e. The lowest BCUT2D eigenvalue weighted by Gasteiger charge is -2.11. The molecule has 2 heterocycles. The van der Waals surface area contributed by atoms with E-state index in [0.29, 0.717) is 24.7 Å². The number of carboxylic acids is 1. The fourth-order valence-electron chi connectivity index (χ4n) is 2.00. The fourth-order valence-corrected chi connectivity index (χ4v) is 2.00. The van der Waals surface area contributed by atoms with Crippen molar-refractivity contribution in [3.63, 3.8) is 0 Å². The molecule has 6 nitrogen and oxygen atoms in total. The van der Waals surface area contributed by atoms with Gasteiger partial charge in [0.05, 0.1) is 25.1 Å². The van der Waals surface area contributed by atoms with Crippen molar-refractivity contribution in [3.05, 3.63) is 42.2 Å². The number of carboxylic acid groups (broad SMARTS) is 1. The average Bonchev–Trinajstić information content (AvgIpc) is 2.72. The van der Waals surface area contributed by atoms with E-state index in [9.17, 15) is 4.79 Å². The molecule has 108 valence electrons. The molecule has 0 spiro atoms. The van der Waals surface area contributed by atoms with Crippen LogP contribution < -0.4 is 14.8 Å². The second kappa shape index (κ2) is 5.70. The molecule has 0 saturated carbocycles. The van der Waals surface area contributed by atoms with Crippen LogP contribution in [0.4, 0.5) is 11.4 Å². The maximum Gasteiger partial charge on any atom is 0.354 e. The molecule has 1 aromatic heterocycles. The van der Waals surface area contributed by atoms with E-state index in [0.717, 1.165) is 17.9 Å². The summed E-state index contributed by atoms with van der Waals surface area (Å²) in [5.74, 6) is 0.391. The van der Waals surface area contributed by atoms with Crippen LogP contribution in [0.3, 0.4) is 0 Å². The summed E-state index contributed by atoms with van der Waals surface area (Å²) < 4.78 is 11.2. The van der Waals surface area contributed by atoms with Crippen LogP contribution in [0.25, 0.3) is 0 Å². The summed E-state index contributed by atoms with van der Waals surface area (Å²) in [6, 6.07) is 8.69. The van der Waals surface area contributed by atoms with E-state index < -0.39 is 5.97 Å². The highest BCUT2D eigenvalue weighted by atomic mass is 16.5. The van der Waals surface area contributed by atoms with Crippen molar-refractivity contribution < 1.29 is 19.4 Å². The number of pyridine rings is 1. The zero-order valence-electron chi connectivity index (χ0n) is 11.2. The highest BCUT2D eigenvalue weighted by Gasteiger charge is 2.11. The molecule has 0 radical (unpaired) electrons. The number of benzene rings is 1. The SMILES string of the molecule is O=C(O)c1ccc(Nc2ccc3c(c2)OCCCO3)cn1. The summed E-state index contributed by atoms with van der Waals surface area (Å²) in [7, 11) is 0. The number of rotatable bonds is 3. The highest BCUT2D eigenvalue weighted by molar-refractivity contribution is 5.85. The summed E-state index contributed by atoms with van der Waals surface area (Å²) in [6.45, 7) is 1.28. The van der Waals surface area contributed by atoms with Gasteiger partial charge < -0.3 is 19.9 Å². The van der Waals surface area contributed by atoms with E-state index in [-0.39, 0.29) is 5.69 Å². The summed E-state index contributed by atoms with van der Waals surface area (Å²) >= 11 is 0. The number of ether oxygens (including phenoxy) is 2. The highest BCUT2D eigenvalue weighted by Crippen LogP contribution is 2.33. The predicted octanol–water partition coefficient (Wildman–Crippen LogP) is 2.68. The summed E-state index contributed by atoms with van der Waals surface area (Å²) in [5, 5.41) is 12.0. The number of hydrogen-bond acceptors (Lipinski definition) is 5. The Hall–Kier alpha value is -2.76.